The molecule has 110 valence electrons. The van der Waals surface area contributed by atoms with Crippen molar-refractivity contribution < 1.29 is 14.3 Å². The Bertz CT molecular complexity index is 327. The first-order valence-electron chi connectivity index (χ1n) is 7.07. The minimum atomic E-state index is -0.317. The Labute approximate surface area is 115 Å². The van der Waals surface area contributed by atoms with E-state index < -0.39 is 0 Å². The summed E-state index contributed by atoms with van der Waals surface area (Å²) in [4.78, 5) is 11.8. The van der Waals surface area contributed by atoms with Crippen LogP contribution in [0.5, 0.6) is 0 Å². The van der Waals surface area contributed by atoms with Crippen molar-refractivity contribution in [2.45, 2.75) is 64.3 Å². The van der Waals surface area contributed by atoms with Gasteiger partial charge in [-0.2, -0.15) is 0 Å². The molecule has 0 fully saturated rings. The highest BCUT2D eigenvalue weighted by molar-refractivity contribution is 5.89. The molecule has 0 heterocycles. The van der Waals surface area contributed by atoms with Crippen molar-refractivity contribution in [3.8, 4) is 0 Å². The number of carbonyl (C=O) groups excluding carboxylic acids is 1. The van der Waals surface area contributed by atoms with Gasteiger partial charge in [0.2, 0.25) is 0 Å². The molecular formula is C14H26N2O3. The summed E-state index contributed by atoms with van der Waals surface area (Å²) in [5.41, 5.74) is 12.6. The number of nitrogens with two attached hydrogens (primary N) is 2. The Balaban J connectivity index is 2.81. The van der Waals surface area contributed by atoms with E-state index in [0.29, 0.717) is 18.6 Å². The number of rotatable bonds is 6. The normalized spacial score (nSPS) is 27.3. The largest absolute Gasteiger partial charge is 0.463 e. The van der Waals surface area contributed by atoms with Gasteiger partial charge in [-0.25, -0.2) is 4.79 Å². The van der Waals surface area contributed by atoms with E-state index in [9.17, 15) is 4.79 Å². The van der Waals surface area contributed by atoms with Gasteiger partial charge in [0.05, 0.1) is 18.8 Å². The number of ether oxygens (including phenoxy) is 2. The van der Waals surface area contributed by atoms with Gasteiger partial charge in [-0.15, -0.1) is 0 Å². The molecule has 0 bridgehead atoms. The van der Waals surface area contributed by atoms with Crippen molar-refractivity contribution in [2.24, 2.45) is 11.5 Å². The van der Waals surface area contributed by atoms with Crippen LogP contribution >= 0.6 is 0 Å². The molecule has 1 rings (SSSR count). The third kappa shape index (κ3) is 4.30. The Morgan fingerprint density at radius 3 is 2.53 bits per heavy atom. The van der Waals surface area contributed by atoms with Crippen LogP contribution in [0.3, 0.4) is 0 Å². The molecule has 0 amide bonds. The van der Waals surface area contributed by atoms with E-state index in [1.165, 1.54) is 0 Å². The number of esters is 1. The van der Waals surface area contributed by atoms with Gasteiger partial charge in [0.15, 0.2) is 0 Å². The molecule has 0 saturated heterocycles. The summed E-state index contributed by atoms with van der Waals surface area (Å²) < 4.78 is 11.0. The first-order valence-corrected chi connectivity index (χ1v) is 7.07. The van der Waals surface area contributed by atoms with Crippen molar-refractivity contribution in [2.75, 3.05) is 6.61 Å². The summed E-state index contributed by atoms with van der Waals surface area (Å²) in [5, 5.41) is 0. The van der Waals surface area contributed by atoms with Crippen LogP contribution in [-0.4, -0.2) is 36.9 Å². The molecule has 0 aromatic carbocycles. The molecule has 0 spiro atoms. The van der Waals surface area contributed by atoms with Gasteiger partial charge >= 0.3 is 5.97 Å². The summed E-state index contributed by atoms with van der Waals surface area (Å²) in [6, 6.07) is -0.553. The predicted octanol–water partition coefficient (Wildman–Crippen LogP) is 1.11. The summed E-state index contributed by atoms with van der Waals surface area (Å²) in [6.07, 6.45) is 3.89. The predicted molar refractivity (Wildman–Crippen MR) is 74.5 cm³/mol. The van der Waals surface area contributed by atoms with Crippen molar-refractivity contribution in [1.29, 1.82) is 0 Å². The van der Waals surface area contributed by atoms with E-state index in [4.69, 9.17) is 20.9 Å². The maximum absolute atomic E-state index is 11.8. The zero-order valence-electron chi connectivity index (χ0n) is 12.1. The molecule has 3 atom stereocenters. The zero-order valence-corrected chi connectivity index (χ0v) is 12.1. The van der Waals surface area contributed by atoms with E-state index in [1.54, 1.807) is 13.0 Å². The first kappa shape index (κ1) is 16.1. The molecular weight excluding hydrogens is 244 g/mol. The van der Waals surface area contributed by atoms with Crippen LogP contribution in [0.2, 0.25) is 0 Å². The van der Waals surface area contributed by atoms with Crippen LogP contribution in [0, 0.1) is 0 Å². The second-order valence-electron chi connectivity index (χ2n) is 4.90. The van der Waals surface area contributed by atoms with Gasteiger partial charge in [-0.3, -0.25) is 0 Å². The van der Waals surface area contributed by atoms with Crippen LogP contribution in [0.1, 0.15) is 40.0 Å². The summed E-state index contributed by atoms with van der Waals surface area (Å²) in [6.45, 7) is 6.28. The maximum atomic E-state index is 11.8. The standard InChI is InChI=1S/C14H26N2O3/c1-4-10(5-2)19-12-8-9(14(17)18-6-3)7-11(15)13(12)16/h8,10-13H,4-7,15-16H2,1-3H3. The second kappa shape index (κ2) is 7.62. The molecule has 19 heavy (non-hydrogen) atoms. The van der Waals surface area contributed by atoms with E-state index in [0.717, 1.165) is 12.8 Å². The molecule has 0 saturated carbocycles. The zero-order chi connectivity index (χ0) is 14.4. The lowest BCUT2D eigenvalue weighted by molar-refractivity contribution is -0.139. The fourth-order valence-corrected chi connectivity index (χ4v) is 2.22. The van der Waals surface area contributed by atoms with Gasteiger partial charge < -0.3 is 20.9 Å². The minimum absolute atomic E-state index is 0.140. The fourth-order valence-electron chi connectivity index (χ4n) is 2.22. The van der Waals surface area contributed by atoms with Crippen molar-refractivity contribution >= 4 is 5.97 Å². The van der Waals surface area contributed by atoms with Crippen molar-refractivity contribution in [3.63, 3.8) is 0 Å². The minimum Gasteiger partial charge on any atom is -0.463 e. The molecule has 0 aliphatic heterocycles. The van der Waals surface area contributed by atoms with Crippen LogP contribution in [0.25, 0.3) is 0 Å². The molecule has 0 aromatic heterocycles. The van der Waals surface area contributed by atoms with E-state index in [1.807, 2.05) is 0 Å². The Kier molecular flexibility index (Phi) is 6.48. The molecule has 1 aliphatic rings. The molecule has 3 unspecified atom stereocenters. The highest BCUT2D eigenvalue weighted by Crippen LogP contribution is 2.22. The Morgan fingerprint density at radius 1 is 1.37 bits per heavy atom. The Morgan fingerprint density at radius 2 is 2.00 bits per heavy atom. The summed E-state index contributed by atoms with van der Waals surface area (Å²) >= 11 is 0. The number of carbonyl (C=O) groups is 1. The quantitative estimate of drug-likeness (QED) is 0.706. The average Bonchev–Trinajstić information content (AvgIpc) is 2.40. The van der Waals surface area contributed by atoms with Gasteiger partial charge in [-0.05, 0) is 32.3 Å². The van der Waals surface area contributed by atoms with Gasteiger partial charge in [0.1, 0.15) is 0 Å². The van der Waals surface area contributed by atoms with E-state index in [-0.39, 0.29) is 30.3 Å². The third-order valence-corrected chi connectivity index (χ3v) is 3.49. The van der Waals surface area contributed by atoms with Gasteiger partial charge in [0.25, 0.3) is 0 Å². The lowest BCUT2D eigenvalue weighted by Gasteiger charge is -2.34. The fraction of sp³-hybridized carbons (Fsp3) is 0.786. The van der Waals surface area contributed by atoms with Crippen LogP contribution in [0.4, 0.5) is 0 Å². The van der Waals surface area contributed by atoms with Crippen LogP contribution < -0.4 is 11.5 Å². The SMILES string of the molecule is CCOC(=O)C1=CC(OC(CC)CC)C(N)C(N)C1. The Hall–Kier alpha value is -0.910. The summed E-state index contributed by atoms with van der Waals surface area (Å²) in [7, 11) is 0. The van der Waals surface area contributed by atoms with Gasteiger partial charge in [0, 0.05) is 17.7 Å². The lowest BCUT2D eigenvalue weighted by atomic mass is 9.89. The monoisotopic (exact) mass is 270 g/mol. The molecule has 5 nitrogen and oxygen atoms in total. The first-order chi connectivity index (χ1) is 9.03. The third-order valence-electron chi connectivity index (χ3n) is 3.49. The topological polar surface area (TPSA) is 87.6 Å². The van der Waals surface area contributed by atoms with Gasteiger partial charge in [-0.1, -0.05) is 13.8 Å². The highest BCUT2D eigenvalue weighted by Gasteiger charge is 2.32. The average molecular weight is 270 g/mol. The smallest absolute Gasteiger partial charge is 0.333 e. The molecule has 1 aliphatic carbocycles. The summed E-state index contributed by atoms with van der Waals surface area (Å²) in [5.74, 6) is -0.317. The second-order valence-corrected chi connectivity index (χ2v) is 4.90. The lowest BCUT2D eigenvalue weighted by Crippen LogP contribution is -2.53. The van der Waals surface area contributed by atoms with Crippen LogP contribution in [-0.2, 0) is 14.3 Å². The number of hydrogen-bond acceptors (Lipinski definition) is 5. The molecule has 4 N–H and O–H groups in total. The van der Waals surface area contributed by atoms with Crippen molar-refractivity contribution in [3.05, 3.63) is 11.6 Å². The number of hydrogen-bond donors (Lipinski definition) is 2. The maximum Gasteiger partial charge on any atom is 0.333 e. The highest BCUT2D eigenvalue weighted by atomic mass is 16.5. The van der Waals surface area contributed by atoms with Crippen LogP contribution in [0.15, 0.2) is 11.6 Å². The molecule has 0 radical (unpaired) electrons. The molecule has 5 heteroatoms. The van der Waals surface area contributed by atoms with E-state index in [2.05, 4.69) is 13.8 Å². The molecule has 0 aromatic rings. The van der Waals surface area contributed by atoms with Crippen molar-refractivity contribution in [1.82, 2.24) is 0 Å². The van der Waals surface area contributed by atoms with E-state index >= 15 is 0 Å².